The van der Waals surface area contributed by atoms with Crippen LogP contribution in [0, 0.1) is 13.8 Å². The van der Waals surface area contributed by atoms with Crippen molar-refractivity contribution in [2.45, 2.75) is 30.9 Å². The highest BCUT2D eigenvalue weighted by molar-refractivity contribution is 7.98. The van der Waals surface area contributed by atoms with E-state index < -0.39 is 10.0 Å². The number of aryl methyl sites for hydroxylation is 2. The molecule has 0 atom stereocenters. The molecule has 1 amide bonds. The van der Waals surface area contributed by atoms with Crippen LogP contribution in [0.2, 0.25) is 0 Å². The highest BCUT2D eigenvalue weighted by atomic mass is 32.2. The Morgan fingerprint density at radius 1 is 1.09 bits per heavy atom. The van der Waals surface area contributed by atoms with Crippen molar-refractivity contribution in [2.75, 3.05) is 30.3 Å². The number of methoxy groups -OCH3 is 1. The van der Waals surface area contributed by atoms with Gasteiger partial charge < -0.3 is 14.5 Å². The lowest BCUT2D eigenvalue weighted by Gasteiger charge is -2.26. The number of carbonyl (C=O) groups is 1. The van der Waals surface area contributed by atoms with Crippen LogP contribution in [0.25, 0.3) is 0 Å². The second-order valence-electron chi connectivity index (χ2n) is 7.84. The number of nitrogens with zero attached hydrogens (tertiary/aromatic N) is 1. The maximum atomic E-state index is 13.6. The number of sulfonamides is 1. The Kier molecular flexibility index (Phi) is 9.06. The van der Waals surface area contributed by atoms with Crippen LogP contribution in [0.3, 0.4) is 0 Å². The van der Waals surface area contributed by atoms with Gasteiger partial charge in [0.2, 0.25) is 5.91 Å². The molecule has 1 N–H and O–H groups in total. The van der Waals surface area contributed by atoms with Gasteiger partial charge in [0.25, 0.3) is 10.0 Å². The summed E-state index contributed by atoms with van der Waals surface area (Å²) in [6, 6.07) is 15.6. The van der Waals surface area contributed by atoms with Crippen molar-refractivity contribution < 1.29 is 22.4 Å². The molecule has 2 aromatic carbocycles. The minimum atomic E-state index is -4.00. The summed E-state index contributed by atoms with van der Waals surface area (Å²) in [6.07, 6.45) is 2.41. The van der Waals surface area contributed by atoms with E-state index >= 15 is 0 Å². The maximum absolute atomic E-state index is 13.6. The minimum Gasteiger partial charge on any atom is -0.495 e. The molecule has 3 aromatic rings. The summed E-state index contributed by atoms with van der Waals surface area (Å²) in [4.78, 5) is 12.9. The SMILES string of the molecule is COc1ccc(C)cc1N(CC(=O)NCCCSCc1ccco1)S(=O)(=O)c1ccc(C)cc1. The van der Waals surface area contributed by atoms with E-state index in [1.165, 1.54) is 7.11 Å². The molecule has 0 fully saturated rings. The minimum absolute atomic E-state index is 0.115. The first-order valence-corrected chi connectivity index (χ1v) is 13.5. The van der Waals surface area contributed by atoms with E-state index in [4.69, 9.17) is 9.15 Å². The Balaban J connectivity index is 1.70. The second-order valence-corrected chi connectivity index (χ2v) is 10.8. The maximum Gasteiger partial charge on any atom is 0.264 e. The van der Waals surface area contributed by atoms with Crippen molar-refractivity contribution in [1.29, 1.82) is 0 Å². The lowest BCUT2D eigenvalue weighted by atomic mass is 10.2. The molecule has 7 nitrogen and oxygen atoms in total. The first-order chi connectivity index (χ1) is 16.3. The predicted molar refractivity (Wildman–Crippen MR) is 136 cm³/mol. The van der Waals surface area contributed by atoms with Gasteiger partial charge in [-0.05, 0) is 68.0 Å². The largest absolute Gasteiger partial charge is 0.495 e. The van der Waals surface area contributed by atoms with Gasteiger partial charge in [-0.3, -0.25) is 9.10 Å². The van der Waals surface area contributed by atoms with E-state index in [0.29, 0.717) is 18.0 Å². The summed E-state index contributed by atoms with van der Waals surface area (Å²) in [6.45, 7) is 3.85. The smallest absolute Gasteiger partial charge is 0.264 e. The van der Waals surface area contributed by atoms with Gasteiger partial charge in [0.15, 0.2) is 0 Å². The molecule has 0 aliphatic rings. The Morgan fingerprint density at radius 3 is 2.50 bits per heavy atom. The van der Waals surface area contributed by atoms with Gasteiger partial charge in [0.05, 0.1) is 29.7 Å². The molecule has 9 heteroatoms. The fraction of sp³-hybridized carbons (Fsp3) is 0.320. The fourth-order valence-corrected chi connectivity index (χ4v) is 5.57. The number of anilines is 1. The molecular formula is C25H30N2O5S2. The van der Waals surface area contributed by atoms with Crippen LogP contribution in [0.1, 0.15) is 23.3 Å². The van der Waals surface area contributed by atoms with E-state index in [9.17, 15) is 13.2 Å². The summed E-state index contributed by atoms with van der Waals surface area (Å²) >= 11 is 1.71. The van der Waals surface area contributed by atoms with Gasteiger partial charge in [-0.15, -0.1) is 0 Å². The number of benzene rings is 2. The first-order valence-electron chi connectivity index (χ1n) is 10.9. The molecular weight excluding hydrogens is 472 g/mol. The molecule has 0 aliphatic carbocycles. The van der Waals surface area contributed by atoms with Crippen molar-refractivity contribution in [3.8, 4) is 5.75 Å². The van der Waals surface area contributed by atoms with E-state index in [1.54, 1.807) is 54.4 Å². The lowest BCUT2D eigenvalue weighted by Crippen LogP contribution is -2.41. The van der Waals surface area contributed by atoms with Gasteiger partial charge in [0, 0.05) is 6.54 Å². The number of furan rings is 1. The Bertz CT molecular complexity index is 1180. The highest BCUT2D eigenvalue weighted by Crippen LogP contribution is 2.33. The summed E-state index contributed by atoms with van der Waals surface area (Å²) in [5.74, 6) is 2.53. The lowest BCUT2D eigenvalue weighted by molar-refractivity contribution is -0.119. The number of hydrogen-bond acceptors (Lipinski definition) is 6. The van der Waals surface area contributed by atoms with Gasteiger partial charge in [0.1, 0.15) is 18.1 Å². The number of amides is 1. The molecule has 0 saturated heterocycles. The number of thioether (sulfide) groups is 1. The molecule has 0 saturated carbocycles. The summed E-state index contributed by atoms with van der Waals surface area (Å²) in [7, 11) is -2.52. The highest BCUT2D eigenvalue weighted by Gasteiger charge is 2.29. The number of hydrogen-bond donors (Lipinski definition) is 1. The second kappa shape index (κ2) is 12.0. The van der Waals surface area contributed by atoms with Crippen LogP contribution in [0.4, 0.5) is 5.69 Å². The molecule has 1 aromatic heterocycles. The van der Waals surface area contributed by atoms with Crippen molar-refractivity contribution in [3.05, 3.63) is 77.7 Å². The topological polar surface area (TPSA) is 88.8 Å². The third kappa shape index (κ3) is 6.80. The standard InChI is InChI=1S/C25H30N2O5S2/c1-19-7-10-22(11-8-19)34(29,30)27(23-16-20(2)9-12-24(23)31-3)17-25(28)26-13-5-15-33-18-21-6-4-14-32-21/h4,6-12,14,16H,5,13,15,17-18H2,1-3H3,(H,26,28). The van der Waals surface area contributed by atoms with E-state index in [-0.39, 0.29) is 17.3 Å². The van der Waals surface area contributed by atoms with E-state index in [2.05, 4.69) is 5.32 Å². The van der Waals surface area contributed by atoms with Crippen molar-refractivity contribution in [1.82, 2.24) is 5.32 Å². The van der Waals surface area contributed by atoms with Gasteiger partial charge >= 0.3 is 0 Å². The Hall–Kier alpha value is -2.91. The predicted octanol–water partition coefficient (Wildman–Crippen LogP) is 4.54. The third-order valence-corrected chi connectivity index (χ3v) is 7.95. The summed E-state index contributed by atoms with van der Waals surface area (Å²) in [5, 5.41) is 2.84. The van der Waals surface area contributed by atoms with Crippen LogP contribution in [0.5, 0.6) is 5.75 Å². The fourth-order valence-electron chi connectivity index (χ4n) is 3.29. The number of rotatable bonds is 12. The molecule has 0 bridgehead atoms. The number of ether oxygens (including phenoxy) is 1. The molecule has 0 aliphatic heterocycles. The average molecular weight is 503 g/mol. The van der Waals surface area contributed by atoms with E-state index in [0.717, 1.165) is 39.1 Å². The summed E-state index contributed by atoms with van der Waals surface area (Å²) < 4.78 is 39.0. The van der Waals surface area contributed by atoms with Crippen LogP contribution < -0.4 is 14.4 Å². The number of carbonyl (C=O) groups excluding carboxylic acids is 1. The molecule has 0 spiro atoms. The van der Waals surface area contributed by atoms with E-state index in [1.807, 2.05) is 32.0 Å². The van der Waals surface area contributed by atoms with Crippen LogP contribution in [-0.2, 0) is 20.6 Å². The third-order valence-electron chi connectivity index (χ3n) is 5.11. The van der Waals surface area contributed by atoms with Gasteiger partial charge in [-0.25, -0.2) is 8.42 Å². The molecule has 0 radical (unpaired) electrons. The summed E-state index contributed by atoms with van der Waals surface area (Å²) in [5.41, 5.74) is 2.13. The zero-order chi connectivity index (χ0) is 24.6. The average Bonchev–Trinajstić information content (AvgIpc) is 3.33. The van der Waals surface area contributed by atoms with Crippen LogP contribution in [-0.4, -0.2) is 40.3 Å². The van der Waals surface area contributed by atoms with Gasteiger partial charge in [-0.1, -0.05) is 23.8 Å². The molecule has 1 heterocycles. The zero-order valence-corrected chi connectivity index (χ0v) is 21.2. The van der Waals surface area contributed by atoms with Gasteiger partial charge in [-0.2, -0.15) is 11.8 Å². The Morgan fingerprint density at radius 2 is 1.82 bits per heavy atom. The van der Waals surface area contributed by atoms with Crippen LogP contribution >= 0.6 is 11.8 Å². The molecule has 34 heavy (non-hydrogen) atoms. The van der Waals surface area contributed by atoms with Crippen molar-refractivity contribution in [3.63, 3.8) is 0 Å². The Labute approximate surface area is 205 Å². The zero-order valence-electron chi connectivity index (χ0n) is 19.6. The molecule has 182 valence electrons. The van der Waals surface area contributed by atoms with Crippen molar-refractivity contribution >= 4 is 33.4 Å². The molecule has 3 rings (SSSR count). The quantitative estimate of drug-likeness (QED) is 0.366. The van der Waals surface area contributed by atoms with Crippen molar-refractivity contribution in [2.24, 2.45) is 0 Å². The first kappa shape index (κ1) is 25.7. The van der Waals surface area contributed by atoms with Crippen LogP contribution in [0.15, 0.2) is 70.2 Å². The monoisotopic (exact) mass is 502 g/mol. The normalized spacial score (nSPS) is 11.3. The number of nitrogens with one attached hydrogen (secondary N) is 1. The molecule has 0 unspecified atom stereocenters.